The molecule has 0 amide bonds. The van der Waals surface area contributed by atoms with Gasteiger partial charge in [0, 0.05) is 6.04 Å². The van der Waals surface area contributed by atoms with Gasteiger partial charge in [0.05, 0.1) is 12.1 Å². The van der Waals surface area contributed by atoms with Gasteiger partial charge in [-0.3, -0.25) is 5.43 Å². The van der Waals surface area contributed by atoms with E-state index in [1.165, 1.54) is 12.1 Å². The van der Waals surface area contributed by atoms with Gasteiger partial charge in [0.1, 0.15) is 0 Å². The van der Waals surface area contributed by atoms with Gasteiger partial charge in [-0.25, -0.2) is 10.8 Å². The van der Waals surface area contributed by atoms with Gasteiger partial charge in [-0.15, -0.1) is 0 Å². The molecule has 1 aromatic carbocycles. The average Bonchev–Trinajstić information content (AvgIpc) is 2.95. The quantitative estimate of drug-likeness (QED) is 0.348. The molecule has 1 fully saturated rings. The Labute approximate surface area is 121 Å². The first kappa shape index (κ1) is 15.6. The molecule has 4 N–H and O–H groups in total. The number of nitrogens with one attached hydrogen (secondary N) is 2. The molecule has 21 heavy (non-hydrogen) atoms. The largest absolute Gasteiger partial charge is 0.416 e. The monoisotopic (exact) mass is 300 g/mol. The summed E-state index contributed by atoms with van der Waals surface area (Å²) < 4.78 is 38.6. The lowest BCUT2D eigenvalue weighted by molar-refractivity contribution is -0.138. The zero-order valence-electron chi connectivity index (χ0n) is 11.6. The lowest BCUT2D eigenvalue weighted by Gasteiger charge is -2.16. The molecule has 0 aliphatic heterocycles. The Bertz CT molecular complexity index is 493. The maximum Gasteiger partial charge on any atom is 0.416 e. The zero-order valence-corrected chi connectivity index (χ0v) is 11.6. The summed E-state index contributed by atoms with van der Waals surface area (Å²) in [7, 11) is 0. The van der Waals surface area contributed by atoms with Crippen molar-refractivity contribution in [3.05, 3.63) is 35.4 Å². The Hall–Kier alpha value is -1.76. The fourth-order valence-corrected chi connectivity index (χ4v) is 2.50. The van der Waals surface area contributed by atoms with Crippen molar-refractivity contribution in [3.8, 4) is 0 Å². The van der Waals surface area contributed by atoms with Crippen LogP contribution in [0, 0.1) is 0 Å². The predicted molar refractivity (Wildman–Crippen MR) is 75.3 cm³/mol. The highest BCUT2D eigenvalue weighted by atomic mass is 19.4. The van der Waals surface area contributed by atoms with Crippen LogP contribution in [-0.2, 0) is 12.7 Å². The van der Waals surface area contributed by atoms with Crippen LogP contribution in [0.4, 0.5) is 13.2 Å². The van der Waals surface area contributed by atoms with Gasteiger partial charge in [-0.2, -0.15) is 13.2 Å². The number of nitrogens with zero attached hydrogens (tertiary/aromatic N) is 1. The molecule has 0 heterocycles. The van der Waals surface area contributed by atoms with Crippen molar-refractivity contribution in [2.45, 2.75) is 44.4 Å². The number of halogens is 3. The number of nitrogens with two attached hydrogens (primary N) is 1. The number of guanidine groups is 1. The first-order valence-corrected chi connectivity index (χ1v) is 6.93. The van der Waals surface area contributed by atoms with E-state index in [0.29, 0.717) is 5.96 Å². The number of hydrogen-bond donors (Lipinski definition) is 3. The van der Waals surface area contributed by atoms with Crippen LogP contribution in [0.3, 0.4) is 0 Å². The van der Waals surface area contributed by atoms with Crippen LogP contribution >= 0.6 is 0 Å². The maximum absolute atomic E-state index is 12.9. The van der Waals surface area contributed by atoms with Crippen LogP contribution in [0.25, 0.3) is 0 Å². The number of benzene rings is 1. The highest BCUT2D eigenvalue weighted by Gasteiger charge is 2.32. The highest BCUT2D eigenvalue weighted by Crippen LogP contribution is 2.32. The summed E-state index contributed by atoms with van der Waals surface area (Å²) in [5.74, 6) is 5.71. The molecule has 0 spiro atoms. The Morgan fingerprint density at radius 3 is 2.52 bits per heavy atom. The molecule has 116 valence electrons. The van der Waals surface area contributed by atoms with Crippen molar-refractivity contribution in [2.24, 2.45) is 10.8 Å². The minimum Gasteiger partial charge on any atom is -0.353 e. The van der Waals surface area contributed by atoms with Crippen LogP contribution < -0.4 is 16.6 Å². The third-order valence-electron chi connectivity index (χ3n) is 3.56. The van der Waals surface area contributed by atoms with E-state index in [4.69, 9.17) is 5.84 Å². The van der Waals surface area contributed by atoms with Gasteiger partial charge < -0.3 is 5.32 Å². The third-order valence-corrected chi connectivity index (χ3v) is 3.56. The van der Waals surface area contributed by atoms with E-state index in [0.717, 1.165) is 31.7 Å². The summed E-state index contributed by atoms with van der Waals surface area (Å²) in [6.45, 7) is -0.0745. The van der Waals surface area contributed by atoms with Crippen molar-refractivity contribution in [1.82, 2.24) is 10.7 Å². The third kappa shape index (κ3) is 4.35. The lowest BCUT2D eigenvalue weighted by atomic mass is 10.1. The Balaban J connectivity index is 2.07. The van der Waals surface area contributed by atoms with Crippen LogP contribution in [0.1, 0.15) is 36.8 Å². The summed E-state index contributed by atoms with van der Waals surface area (Å²) in [5, 5.41) is 3.13. The number of alkyl halides is 3. The number of rotatable bonds is 3. The molecule has 1 aliphatic rings. The molecule has 7 heteroatoms. The van der Waals surface area contributed by atoms with Crippen LogP contribution in [-0.4, -0.2) is 12.0 Å². The number of hydrogen-bond acceptors (Lipinski definition) is 2. The van der Waals surface area contributed by atoms with E-state index in [1.54, 1.807) is 6.07 Å². The lowest BCUT2D eigenvalue weighted by Crippen LogP contribution is -2.45. The standard InChI is InChI=1S/C14H19F3N4/c15-14(16,17)12-8-4-1-5-10(12)9-19-13(21-18)20-11-6-2-3-7-11/h1,4-5,8,11H,2-3,6-7,9,18H2,(H2,19,20,21). The van der Waals surface area contributed by atoms with Gasteiger partial charge in [-0.1, -0.05) is 31.0 Å². The second-order valence-corrected chi connectivity index (χ2v) is 5.09. The topological polar surface area (TPSA) is 62.4 Å². The molecule has 1 saturated carbocycles. The molecule has 0 bridgehead atoms. The van der Waals surface area contributed by atoms with Crippen LogP contribution in [0.2, 0.25) is 0 Å². The van der Waals surface area contributed by atoms with E-state index < -0.39 is 11.7 Å². The molecular weight excluding hydrogens is 281 g/mol. The summed E-state index contributed by atoms with van der Waals surface area (Å²) >= 11 is 0. The Kier molecular flexibility index (Phi) is 5.06. The molecule has 0 aromatic heterocycles. The molecular formula is C14H19F3N4. The van der Waals surface area contributed by atoms with E-state index in [1.807, 2.05) is 0 Å². The van der Waals surface area contributed by atoms with Crippen LogP contribution in [0.5, 0.6) is 0 Å². The van der Waals surface area contributed by atoms with Gasteiger partial charge in [0.2, 0.25) is 5.96 Å². The minimum absolute atomic E-state index is 0.0745. The molecule has 2 rings (SSSR count). The SMILES string of the molecule is NNC(=NCc1ccccc1C(F)(F)F)NC1CCCC1. The molecule has 1 aliphatic carbocycles. The van der Waals surface area contributed by atoms with Gasteiger partial charge in [0.15, 0.2) is 0 Å². The minimum atomic E-state index is -4.37. The zero-order chi connectivity index (χ0) is 15.3. The summed E-state index contributed by atoms with van der Waals surface area (Å²) in [4.78, 5) is 4.12. The van der Waals surface area contributed by atoms with E-state index in [9.17, 15) is 13.2 Å². The second kappa shape index (κ2) is 6.80. The summed E-state index contributed by atoms with van der Waals surface area (Å²) in [6.07, 6.45) is -0.0279. The van der Waals surface area contributed by atoms with Crippen molar-refractivity contribution in [1.29, 1.82) is 0 Å². The molecule has 0 atom stereocenters. The number of hydrazine groups is 1. The molecule has 1 aromatic rings. The summed E-state index contributed by atoms with van der Waals surface area (Å²) in [6, 6.07) is 5.72. The molecule has 0 radical (unpaired) electrons. The van der Waals surface area contributed by atoms with Crippen LogP contribution in [0.15, 0.2) is 29.3 Å². The van der Waals surface area contributed by atoms with Crippen molar-refractivity contribution in [2.75, 3.05) is 0 Å². The Morgan fingerprint density at radius 1 is 1.24 bits per heavy atom. The van der Waals surface area contributed by atoms with Crippen molar-refractivity contribution in [3.63, 3.8) is 0 Å². The fourth-order valence-electron chi connectivity index (χ4n) is 2.50. The van der Waals surface area contributed by atoms with Gasteiger partial charge in [-0.05, 0) is 24.5 Å². The van der Waals surface area contributed by atoms with E-state index in [2.05, 4.69) is 15.7 Å². The predicted octanol–water partition coefficient (Wildman–Crippen LogP) is 2.56. The van der Waals surface area contributed by atoms with Crippen molar-refractivity contribution >= 4 is 5.96 Å². The first-order valence-electron chi connectivity index (χ1n) is 6.93. The second-order valence-electron chi connectivity index (χ2n) is 5.09. The van der Waals surface area contributed by atoms with Crippen molar-refractivity contribution < 1.29 is 13.2 Å². The Morgan fingerprint density at radius 2 is 1.90 bits per heavy atom. The normalized spacial score (nSPS) is 17.0. The van der Waals surface area contributed by atoms with E-state index >= 15 is 0 Å². The molecule has 4 nitrogen and oxygen atoms in total. The average molecular weight is 300 g/mol. The molecule has 0 unspecified atom stereocenters. The number of aliphatic imine (C=N–C) groups is 1. The maximum atomic E-state index is 12.9. The fraction of sp³-hybridized carbons (Fsp3) is 0.500. The molecule has 0 saturated heterocycles. The highest BCUT2D eigenvalue weighted by molar-refractivity contribution is 5.79. The van der Waals surface area contributed by atoms with Gasteiger partial charge >= 0.3 is 6.18 Å². The first-order chi connectivity index (χ1) is 10.0. The van der Waals surface area contributed by atoms with E-state index in [-0.39, 0.29) is 18.2 Å². The van der Waals surface area contributed by atoms with Gasteiger partial charge in [0.25, 0.3) is 0 Å². The smallest absolute Gasteiger partial charge is 0.353 e. The summed E-state index contributed by atoms with van der Waals surface area (Å²) in [5.41, 5.74) is 1.88.